The third-order valence-electron chi connectivity index (χ3n) is 3.83. The molecule has 0 aliphatic heterocycles. The first-order chi connectivity index (χ1) is 12.4. The maximum absolute atomic E-state index is 13.1. The predicted molar refractivity (Wildman–Crippen MR) is 95.4 cm³/mol. The zero-order valence-electron chi connectivity index (χ0n) is 14.1. The van der Waals surface area contributed by atoms with Gasteiger partial charge in [0, 0.05) is 11.6 Å². The molecule has 0 radical (unpaired) electrons. The van der Waals surface area contributed by atoms with Crippen LogP contribution >= 0.6 is 0 Å². The van der Waals surface area contributed by atoms with Crippen LogP contribution in [0.3, 0.4) is 0 Å². The molecule has 132 valence electrons. The normalized spacial score (nSPS) is 10.5. The van der Waals surface area contributed by atoms with Crippen LogP contribution in [0.2, 0.25) is 0 Å². The number of amides is 2. The van der Waals surface area contributed by atoms with Crippen molar-refractivity contribution in [3.05, 3.63) is 82.8 Å². The fourth-order valence-electron chi connectivity index (χ4n) is 2.41. The van der Waals surface area contributed by atoms with Crippen molar-refractivity contribution in [1.82, 2.24) is 9.78 Å². The van der Waals surface area contributed by atoms with Crippen molar-refractivity contribution in [3.63, 3.8) is 0 Å². The van der Waals surface area contributed by atoms with E-state index in [2.05, 4.69) is 10.4 Å². The van der Waals surface area contributed by atoms with Crippen LogP contribution in [-0.4, -0.2) is 21.6 Å². The Hall–Kier alpha value is -3.48. The second-order valence-corrected chi connectivity index (χ2v) is 5.88. The van der Waals surface area contributed by atoms with Gasteiger partial charge in [-0.15, -0.1) is 0 Å². The molecule has 0 saturated heterocycles. The molecule has 7 heteroatoms. The van der Waals surface area contributed by atoms with Crippen LogP contribution in [0, 0.1) is 12.7 Å². The number of carbonyl (C=O) groups is 2. The average molecular weight is 352 g/mol. The third-order valence-corrected chi connectivity index (χ3v) is 3.83. The highest BCUT2D eigenvalue weighted by Gasteiger charge is 2.15. The summed E-state index contributed by atoms with van der Waals surface area (Å²) in [6.07, 6.45) is 0. The van der Waals surface area contributed by atoms with E-state index in [1.807, 2.05) is 19.1 Å². The third kappa shape index (κ3) is 3.94. The topological polar surface area (TPSA) is 90.0 Å². The van der Waals surface area contributed by atoms with Crippen molar-refractivity contribution in [3.8, 4) is 0 Å². The number of anilines is 1. The molecule has 0 unspecified atom stereocenters. The fourth-order valence-corrected chi connectivity index (χ4v) is 2.41. The van der Waals surface area contributed by atoms with Gasteiger partial charge in [0.15, 0.2) is 5.69 Å². The minimum Gasteiger partial charge on any atom is -0.364 e. The van der Waals surface area contributed by atoms with Gasteiger partial charge in [-0.05, 0) is 36.8 Å². The highest BCUT2D eigenvalue weighted by Crippen LogP contribution is 2.15. The van der Waals surface area contributed by atoms with Crippen molar-refractivity contribution in [2.75, 3.05) is 5.32 Å². The van der Waals surface area contributed by atoms with Crippen molar-refractivity contribution in [2.45, 2.75) is 13.5 Å². The van der Waals surface area contributed by atoms with E-state index in [4.69, 9.17) is 5.73 Å². The largest absolute Gasteiger partial charge is 0.364 e. The van der Waals surface area contributed by atoms with Gasteiger partial charge in [0.1, 0.15) is 11.6 Å². The Morgan fingerprint density at radius 3 is 2.38 bits per heavy atom. The van der Waals surface area contributed by atoms with Crippen molar-refractivity contribution < 1.29 is 14.0 Å². The Kier molecular flexibility index (Phi) is 4.79. The summed E-state index contributed by atoms with van der Waals surface area (Å²) in [6, 6.07) is 14.4. The summed E-state index contributed by atoms with van der Waals surface area (Å²) in [6.45, 7) is 2.18. The van der Waals surface area contributed by atoms with Gasteiger partial charge in [-0.3, -0.25) is 9.59 Å². The van der Waals surface area contributed by atoms with Crippen molar-refractivity contribution in [2.24, 2.45) is 5.73 Å². The molecule has 0 saturated carbocycles. The van der Waals surface area contributed by atoms with Crippen LogP contribution < -0.4 is 11.1 Å². The number of hydrogen-bond donors (Lipinski definition) is 2. The van der Waals surface area contributed by atoms with E-state index < -0.39 is 5.91 Å². The number of primary amides is 1. The highest BCUT2D eigenvalue weighted by atomic mass is 19.1. The summed E-state index contributed by atoms with van der Waals surface area (Å²) in [5.74, 6) is -1.05. The molecule has 0 atom stereocenters. The lowest BCUT2D eigenvalue weighted by Crippen LogP contribution is -2.16. The first kappa shape index (κ1) is 17.3. The monoisotopic (exact) mass is 352 g/mol. The van der Waals surface area contributed by atoms with Crippen LogP contribution in [-0.2, 0) is 6.54 Å². The average Bonchev–Trinajstić information content (AvgIpc) is 3.00. The number of halogens is 1. The van der Waals surface area contributed by atoms with E-state index in [1.165, 1.54) is 22.9 Å². The Labute approximate surface area is 149 Å². The minimum atomic E-state index is -0.700. The van der Waals surface area contributed by atoms with Crippen molar-refractivity contribution in [1.29, 1.82) is 0 Å². The number of aryl methyl sites for hydroxylation is 1. The summed E-state index contributed by atoms with van der Waals surface area (Å²) >= 11 is 0. The van der Waals surface area contributed by atoms with Gasteiger partial charge >= 0.3 is 0 Å². The Morgan fingerprint density at radius 2 is 1.77 bits per heavy atom. The van der Waals surface area contributed by atoms with E-state index in [0.717, 1.165) is 11.1 Å². The number of nitrogens with one attached hydrogen (secondary N) is 1. The van der Waals surface area contributed by atoms with Gasteiger partial charge in [-0.2, -0.15) is 5.10 Å². The Morgan fingerprint density at radius 1 is 1.12 bits per heavy atom. The molecule has 3 N–H and O–H groups in total. The van der Waals surface area contributed by atoms with Gasteiger partial charge in [-0.25, -0.2) is 9.07 Å². The molecule has 0 aliphatic rings. The van der Waals surface area contributed by atoms with E-state index >= 15 is 0 Å². The molecule has 1 aromatic heterocycles. The molecule has 0 bridgehead atoms. The number of carbonyl (C=O) groups excluding carboxylic acids is 2. The molecule has 2 aromatic carbocycles. The molecule has 3 rings (SSSR count). The highest BCUT2D eigenvalue weighted by molar-refractivity contribution is 6.04. The summed E-state index contributed by atoms with van der Waals surface area (Å²) in [7, 11) is 0. The smallest absolute Gasteiger partial charge is 0.269 e. The molecule has 0 aliphatic carbocycles. The van der Waals surface area contributed by atoms with Gasteiger partial charge in [0.2, 0.25) is 0 Å². The fraction of sp³-hybridized carbons (Fsp3) is 0.105. The van der Waals surface area contributed by atoms with Crippen molar-refractivity contribution >= 4 is 17.6 Å². The first-order valence-electron chi connectivity index (χ1n) is 7.92. The van der Waals surface area contributed by atoms with Crippen LogP contribution in [0.5, 0.6) is 0 Å². The molecule has 26 heavy (non-hydrogen) atoms. The molecule has 2 amide bonds. The van der Waals surface area contributed by atoms with Crippen LogP contribution in [0.4, 0.5) is 10.2 Å². The molecular weight excluding hydrogens is 335 g/mol. The second-order valence-electron chi connectivity index (χ2n) is 5.88. The van der Waals surface area contributed by atoms with Gasteiger partial charge in [0.25, 0.3) is 11.8 Å². The van der Waals surface area contributed by atoms with E-state index in [9.17, 15) is 14.0 Å². The number of hydrogen-bond acceptors (Lipinski definition) is 3. The van der Waals surface area contributed by atoms with Crippen LogP contribution in [0.15, 0.2) is 54.6 Å². The van der Waals surface area contributed by atoms with E-state index in [0.29, 0.717) is 11.4 Å². The summed E-state index contributed by atoms with van der Waals surface area (Å²) < 4.78 is 14.5. The molecule has 1 heterocycles. The summed E-state index contributed by atoms with van der Waals surface area (Å²) in [4.78, 5) is 23.9. The predicted octanol–water partition coefficient (Wildman–Crippen LogP) is 2.73. The maximum atomic E-state index is 13.1. The lowest BCUT2D eigenvalue weighted by atomic mass is 10.1. The van der Waals surface area contributed by atoms with Crippen LogP contribution in [0.1, 0.15) is 32.0 Å². The molecule has 6 nitrogen and oxygen atoms in total. The first-order valence-corrected chi connectivity index (χ1v) is 7.92. The summed E-state index contributed by atoms with van der Waals surface area (Å²) in [5, 5.41) is 6.85. The number of nitrogens with zero attached hydrogens (tertiary/aromatic N) is 2. The standard InChI is InChI=1S/C19H17FN4O2/c1-12-2-6-14(7-3-12)19(26)22-17-10-16(18(21)25)23-24(17)11-13-4-8-15(20)9-5-13/h2-10H,11H2,1H3,(H2,21,25)(H,22,26). The lowest BCUT2D eigenvalue weighted by molar-refractivity contribution is 0.0992. The number of benzene rings is 2. The maximum Gasteiger partial charge on any atom is 0.269 e. The zero-order valence-corrected chi connectivity index (χ0v) is 14.1. The minimum absolute atomic E-state index is 0.0336. The Bertz CT molecular complexity index is 947. The van der Waals surface area contributed by atoms with E-state index in [-0.39, 0.29) is 24.0 Å². The summed E-state index contributed by atoms with van der Waals surface area (Å²) in [5.41, 5.74) is 7.60. The number of aromatic nitrogens is 2. The van der Waals surface area contributed by atoms with Gasteiger partial charge in [-0.1, -0.05) is 29.8 Å². The van der Waals surface area contributed by atoms with E-state index in [1.54, 1.807) is 24.3 Å². The number of rotatable bonds is 5. The molecule has 3 aromatic rings. The van der Waals surface area contributed by atoms with Gasteiger partial charge in [0.05, 0.1) is 6.54 Å². The van der Waals surface area contributed by atoms with Crippen LogP contribution in [0.25, 0.3) is 0 Å². The Balaban J connectivity index is 1.87. The molecule has 0 fully saturated rings. The second kappa shape index (κ2) is 7.18. The lowest BCUT2D eigenvalue weighted by Gasteiger charge is -2.09. The zero-order chi connectivity index (χ0) is 18.7. The molecule has 0 spiro atoms. The molecular formula is C19H17FN4O2. The quantitative estimate of drug-likeness (QED) is 0.740. The van der Waals surface area contributed by atoms with Gasteiger partial charge < -0.3 is 11.1 Å². The number of nitrogens with two attached hydrogens (primary N) is 1. The SMILES string of the molecule is Cc1ccc(C(=O)Nc2cc(C(N)=O)nn2Cc2ccc(F)cc2)cc1.